The Hall–Kier alpha value is -3.09. The van der Waals surface area contributed by atoms with E-state index in [9.17, 15) is 19.7 Å². The maximum Gasteiger partial charge on any atom is 0.293 e. The molecule has 0 aromatic heterocycles. The highest BCUT2D eigenvalue weighted by Gasteiger charge is 2.36. The van der Waals surface area contributed by atoms with Crippen molar-refractivity contribution in [3.05, 3.63) is 101 Å². The fraction of sp³-hybridized carbons (Fsp3) is 0.120. The van der Waals surface area contributed by atoms with Gasteiger partial charge in [-0.3, -0.25) is 24.6 Å². The number of benzene rings is 3. The fourth-order valence-electron chi connectivity index (χ4n) is 3.48. The number of para-hydroxylation sites is 1. The van der Waals surface area contributed by atoms with Crippen molar-refractivity contribution in [2.75, 3.05) is 7.11 Å². The molecule has 8 nitrogen and oxygen atoms in total. The van der Waals surface area contributed by atoms with Crippen LogP contribution in [0.5, 0.6) is 11.5 Å². The van der Waals surface area contributed by atoms with Crippen LogP contribution in [0.1, 0.15) is 16.7 Å². The zero-order valence-corrected chi connectivity index (χ0v) is 22.5. The first-order chi connectivity index (χ1) is 17.3. The molecule has 11 heteroatoms. The lowest BCUT2D eigenvalue weighted by Crippen LogP contribution is -2.27. The lowest BCUT2D eigenvalue weighted by molar-refractivity contribution is -0.385. The fourth-order valence-corrected chi connectivity index (χ4v) is 5.23. The normalized spacial score (nSPS) is 14.4. The second kappa shape index (κ2) is 11.3. The predicted molar refractivity (Wildman–Crippen MR) is 146 cm³/mol. The molecule has 0 saturated carbocycles. The topological polar surface area (TPSA) is 99.0 Å². The third-order valence-corrected chi connectivity index (χ3v) is 7.20. The van der Waals surface area contributed by atoms with Crippen molar-refractivity contribution < 1.29 is 24.0 Å². The Morgan fingerprint density at radius 3 is 2.56 bits per heavy atom. The predicted octanol–water partition coefficient (Wildman–Crippen LogP) is 6.68. The van der Waals surface area contributed by atoms with E-state index in [0.717, 1.165) is 25.8 Å². The number of halogens is 2. The molecule has 4 rings (SSSR count). The van der Waals surface area contributed by atoms with Gasteiger partial charge in [-0.2, -0.15) is 0 Å². The minimum atomic E-state index is -0.533. The van der Waals surface area contributed by atoms with Gasteiger partial charge < -0.3 is 9.47 Å². The van der Waals surface area contributed by atoms with Crippen molar-refractivity contribution >= 4 is 68.9 Å². The minimum absolute atomic E-state index is 0.144. The molecule has 0 unspecified atom stereocenters. The largest absolute Gasteiger partial charge is 0.493 e. The Morgan fingerprint density at radius 2 is 1.86 bits per heavy atom. The van der Waals surface area contributed by atoms with Crippen LogP contribution in [0.3, 0.4) is 0 Å². The van der Waals surface area contributed by atoms with Gasteiger partial charge in [0, 0.05) is 16.7 Å². The molecule has 1 aliphatic rings. The molecule has 0 spiro atoms. The summed E-state index contributed by atoms with van der Waals surface area (Å²) >= 11 is 8.84. The first-order valence-electron chi connectivity index (χ1n) is 10.5. The summed E-state index contributed by atoms with van der Waals surface area (Å²) < 4.78 is 12.2. The first kappa shape index (κ1) is 26.0. The summed E-state index contributed by atoms with van der Waals surface area (Å²) in [4.78, 5) is 37.5. The molecule has 0 bridgehead atoms. The summed E-state index contributed by atoms with van der Waals surface area (Å²) in [5.74, 6) is 0.510. The highest BCUT2D eigenvalue weighted by molar-refractivity contribution is 14.1. The number of methoxy groups -OCH3 is 1. The molecule has 1 fully saturated rings. The van der Waals surface area contributed by atoms with Gasteiger partial charge in [0.1, 0.15) is 6.61 Å². The molecule has 3 aromatic rings. The number of nitrogens with zero attached hydrogens (tertiary/aromatic N) is 2. The van der Waals surface area contributed by atoms with Gasteiger partial charge in [-0.1, -0.05) is 41.9 Å². The standard InChI is InChI=1S/C25H18ClIN2O6S/c1-34-21-11-16(10-19(27)23(21)35-14-15-6-8-18(26)9-7-15)12-22-24(30)28(25(31)36-22)13-17-4-2-3-5-20(17)29(32)33/h2-12H,13-14H2,1H3/b22-12-. The number of hydrogen-bond donors (Lipinski definition) is 0. The molecular formula is C25H18ClIN2O6S. The molecule has 0 aliphatic carbocycles. The van der Waals surface area contributed by atoms with Crippen LogP contribution in [0.2, 0.25) is 5.02 Å². The Morgan fingerprint density at radius 1 is 1.14 bits per heavy atom. The summed E-state index contributed by atoms with van der Waals surface area (Å²) in [6, 6.07) is 16.9. The highest BCUT2D eigenvalue weighted by atomic mass is 127. The lowest BCUT2D eigenvalue weighted by atomic mass is 10.1. The molecule has 0 N–H and O–H groups in total. The molecule has 2 amide bonds. The van der Waals surface area contributed by atoms with E-state index in [-0.39, 0.29) is 22.7 Å². The van der Waals surface area contributed by atoms with Crippen LogP contribution in [0.4, 0.5) is 10.5 Å². The maximum absolute atomic E-state index is 13.0. The van der Waals surface area contributed by atoms with Crippen LogP contribution in [-0.2, 0) is 17.9 Å². The molecule has 184 valence electrons. The van der Waals surface area contributed by atoms with Gasteiger partial charge in [0.05, 0.1) is 27.1 Å². The van der Waals surface area contributed by atoms with Crippen LogP contribution in [0.25, 0.3) is 6.08 Å². The number of carbonyl (C=O) groups is 2. The van der Waals surface area contributed by atoms with Crippen molar-refractivity contribution in [2.24, 2.45) is 0 Å². The van der Waals surface area contributed by atoms with E-state index in [0.29, 0.717) is 28.7 Å². The molecule has 1 saturated heterocycles. The Balaban J connectivity index is 1.54. The van der Waals surface area contributed by atoms with Gasteiger partial charge in [-0.05, 0) is 75.8 Å². The number of rotatable bonds is 8. The molecule has 0 radical (unpaired) electrons. The quantitative estimate of drug-likeness (QED) is 0.118. The smallest absolute Gasteiger partial charge is 0.293 e. The van der Waals surface area contributed by atoms with Gasteiger partial charge in [0.25, 0.3) is 16.8 Å². The molecule has 1 heterocycles. The minimum Gasteiger partial charge on any atom is -0.493 e. The van der Waals surface area contributed by atoms with Crippen LogP contribution in [0.15, 0.2) is 65.6 Å². The lowest BCUT2D eigenvalue weighted by Gasteiger charge is -2.14. The number of thioether (sulfide) groups is 1. The second-order valence-electron chi connectivity index (χ2n) is 7.60. The summed E-state index contributed by atoms with van der Waals surface area (Å²) in [6.07, 6.45) is 1.60. The molecular weight excluding hydrogens is 619 g/mol. The molecule has 1 aliphatic heterocycles. The maximum atomic E-state index is 13.0. The Bertz CT molecular complexity index is 1380. The Labute approximate surface area is 229 Å². The van der Waals surface area contributed by atoms with Crippen molar-refractivity contribution in [1.29, 1.82) is 0 Å². The summed E-state index contributed by atoms with van der Waals surface area (Å²) in [5, 5.41) is 11.4. The van der Waals surface area contributed by atoms with Gasteiger partial charge in [-0.15, -0.1) is 0 Å². The summed E-state index contributed by atoms with van der Waals surface area (Å²) in [6.45, 7) is 0.130. The van der Waals surface area contributed by atoms with Crippen LogP contribution in [-0.4, -0.2) is 28.1 Å². The molecule has 36 heavy (non-hydrogen) atoms. The van der Waals surface area contributed by atoms with E-state index >= 15 is 0 Å². The Kier molecular flexibility index (Phi) is 8.17. The van der Waals surface area contributed by atoms with E-state index in [1.165, 1.54) is 25.3 Å². The van der Waals surface area contributed by atoms with Crippen molar-refractivity contribution in [1.82, 2.24) is 4.90 Å². The summed E-state index contributed by atoms with van der Waals surface area (Å²) in [7, 11) is 1.52. The second-order valence-corrected chi connectivity index (χ2v) is 10.2. The van der Waals surface area contributed by atoms with E-state index in [2.05, 4.69) is 22.6 Å². The van der Waals surface area contributed by atoms with Crippen molar-refractivity contribution in [2.45, 2.75) is 13.2 Å². The van der Waals surface area contributed by atoms with E-state index < -0.39 is 16.1 Å². The van der Waals surface area contributed by atoms with Crippen LogP contribution >= 0.6 is 46.0 Å². The van der Waals surface area contributed by atoms with Gasteiger partial charge in [0.15, 0.2) is 11.5 Å². The molecule has 3 aromatic carbocycles. The van der Waals surface area contributed by atoms with Crippen LogP contribution < -0.4 is 9.47 Å². The zero-order valence-electron chi connectivity index (χ0n) is 18.8. The average Bonchev–Trinajstić information content (AvgIpc) is 3.11. The number of ether oxygens (including phenoxy) is 2. The van der Waals surface area contributed by atoms with Crippen molar-refractivity contribution in [3.63, 3.8) is 0 Å². The monoisotopic (exact) mass is 636 g/mol. The van der Waals surface area contributed by atoms with Gasteiger partial charge in [0.2, 0.25) is 0 Å². The third-order valence-electron chi connectivity index (χ3n) is 5.24. The number of amides is 2. The number of imide groups is 1. The zero-order chi connectivity index (χ0) is 25.8. The number of hydrogen-bond acceptors (Lipinski definition) is 7. The average molecular weight is 637 g/mol. The van der Waals surface area contributed by atoms with E-state index in [1.807, 2.05) is 18.2 Å². The third kappa shape index (κ3) is 5.82. The molecule has 0 atom stereocenters. The van der Waals surface area contributed by atoms with Gasteiger partial charge >= 0.3 is 0 Å². The van der Waals surface area contributed by atoms with E-state index in [4.69, 9.17) is 21.1 Å². The van der Waals surface area contributed by atoms with E-state index in [1.54, 1.807) is 30.3 Å². The number of carbonyl (C=O) groups excluding carboxylic acids is 2. The highest BCUT2D eigenvalue weighted by Crippen LogP contribution is 2.38. The SMILES string of the molecule is COc1cc(/C=C2\SC(=O)N(Cc3ccccc3[N+](=O)[O-])C2=O)cc(I)c1OCc1ccc(Cl)cc1. The summed E-state index contributed by atoms with van der Waals surface area (Å²) in [5.41, 5.74) is 1.72. The number of nitro benzene ring substituents is 1. The van der Waals surface area contributed by atoms with Crippen molar-refractivity contribution in [3.8, 4) is 11.5 Å². The first-order valence-corrected chi connectivity index (χ1v) is 12.8. The van der Waals surface area contributed by atoms with Gasteiger partial charge in [-0.25, -0.2) is 0 Å². The number of nitro groups is 1. The van der Waals surface area contributed by atoms with Crippen LogP contribution in [0, 0.1) is 13.7 Å².